The first-order valence-electron chi connectivity index (χ1n) is 9.95. The molecule has 0 saturated carbocycles. The lowest BCUT2D eigenvalue weighted by Gasteiger charge is -2.12. The predicted octanol–water partition coefficient (Wildman–Crippen LogP) is 5.27. The van der Waals surface area contributed by atoms with Gasteiger partial charge in [0, 0.05) is 15.7 Å². The molecule has 0 radical (unpaired) electrons. The van der Waals surface area contributed by atoms with Crippen LogP contribution in [0.4, 0.5) is 11.4 Å². The summed E-state index contributed by atoms with van der Waals surface area (Å²) >= 11 is 3.46. The molecule has 7 heteroatoms. The zero-order valence-electron chi connectivity index (χ0n) is 17.3. The molecule has 3 aromatic carbocycles. The van der Waals surface area contributed by atoms with E-state index in [2.05, 4.69) is 26.3 Å². The molecule has 3 aromatic rings. The van der Waals surface area contributed by atoms with E-state index in [4.69, 9.17) is 4.74 Å². The SMILES string of the molecule is CC1=NN(c2ccccc2)C(=O)/C1=C/c1cc(Br)ccc1OCC(=O)Nc1ccccc1. The number of amides is 2. The smallest absolute Gasteiger partial charge is 0.280 e. The third kappa shape index (κ3) is 4.95. The third-order valence-electron chi connectivity index (χ3n) is 4.75. The Bertz CT molecular complexity index is 1210. The molecule has 0 atom stereocenters. The number of carbonyl (C=O) groups is 2. The summed E-state index contributed by atoms with van der Waals surface area (Å²) in [5, 5.41) is 8.57. The van der Waals surface area contributed by atoms with E-state index < -0.39 is 0 Å². The normalized spacial score (nSPS) is 14.4. The van der Waals surface area contributed by atoms with Gasteiger partial charge in [-0.25, -0.2) is 0 Å². The van der Waals surface area contributed by atoms with Gasteiger partial charge in [0.25, 0.3) is 11.8 Å². The van der Waals surface area contributed by atoms with Crippen molar-refractivity contribution in [1.29, 1.82) is 0 Å². The lowest BCUT2D eigenvalue weighted by Crippen LogP contribution is -2.21. The summed E-state index contributed by atoms with van der Waals surface area (Å²) in [6.45, 7) is 1.63. The van der Waals surface area contributed by atoms with Crippen LogP contribution in [0.5, 0.6) is 5.75 Å². The number of rotatable bonds is 6. The van der Waals surface area contributed by atoms with Crippen molar-refractivity contribution < 1.29 is 14.3 Å². The molecular weight excluding hydrogens is 470 g/mol. The second-order valence-electron chi connectivity index (χ2n) is 7.08. The van der Waals surface area contributed by atoms with E-state index in [-0.39, 0.29) is 18.4 Å². The number of para-hydroxylation sites is 2. The first kappa shape index (κ1) is 21.5. The van der Waals surface area contributed by atoms with Crippen LogP contribution in [0.1, 0.15) is 12.5 Å². The molecule has 0 bridgehead atoms. The molecule has 1 heterocycles. The maximum absolute atomic E-state index is 13.0. The molecule has 1 aliphatic heterocycles. The number of nitrogens with one attached hydrogen (secondary N) is 1. The highest BCUT2D eigenvalue weighted by Gasteiger charge is 2.28. The van der Waals surface area contributed by atoms with Crippen LogP contribution in [0.15, 0.2) is 94.0 Å². The van der Waals surface area contributed by atoms with Crippen molar-refractivity contribution in [1.82, 2.24) is 0 Å². The Morgan fingerprint density at radius 3 is 2.47 bits per heavy atom. The molecular formula is C25H20BrN3O3. The van der Waals surface area contributed by atoms with Crippen LogP contribution in [0, 0.1) is 0 Å². The van der Waals surface area contributed by atoms with Crippen molar-refractivity contribution >= 4 is 50.9 Å². The first-order valence-corrected chi connectivity index (χ1v) is 10.7. The molecule has 0 fully saturated rings. The van der Waals surface area contributed by atoms with Crippen LogP contribution in [-0.2, 0) is 9.59 Å². The zero-order valence-corrected chi connectivity index (χ0v) is 18.9. The summed E-state index contributed by atoms with van der Waals surface area (Å²) in [6.07, 6.45) is 1.74. The van der Waals surface area contributed by atoms with Gasteiger partial charge in [-0.3, -0.25) is 9.59 Å². The summed E-state index contributed by atoms with van der Waals surface area (Å²) in [5.41, 5.74) is 3.13. The van der Waals surface area contributed by atoms with Crippen molar-refractivity contribution in [3.63, 3.8) is 0 Å². The van der Waals surface area contributed by atoms with Crippen molar-refractivity contribution in [2.75, 3.05) is 16.9 Å². The molecule has 160 valence electrons. The van der Waals surface area contributed by atoms with E-state index in [9.17, 15) is 9.59 Å². The highest BCUT2D eigenvalue weighted by Crippen LogP contribution is 2.29. The molecule has 1 aliphatic rings. The van der Waals surface area contributed by atoms with Gasteiger partial charge in [-0.1, -0.05) is 52.3 Å². The molecule has 0 unspecified atom stereocenters. The van der Waals surface area contributed by atoms with Gasteiger partial charge in [0.1, 0.15) is 5.75 Å². The number of hydrogen-bond donors (Lipinski definition) is 1. The van der Waals surface area contributed by atoms with Crippen molar-refractivity contribution in [3.8, 4) is 5.75 Å². The number of anilines is 2. The summed E-state index contributed by atoms with van der Waals surface area (Å²) in [6, 6.07) is 23.8. The standard InChI is InChI=1S/C25H20BrN3O3/c1-17-22(25(31)29(28-17)21-10-6-3-7-11-21)15-18-14-19(26)12-13-23(18)32-16-24(30)27-20-8-4-2-5-9-20/h2-15H,16H2,1H3,(H,27,30)/b22-15+. The lowest BCUT2D eigenvalue weighted by atomic mass is 10.1. The van der Waals surface area contributed by atoms with Gasteiger partial charge in [0.15, 0.2) is 6.61 Å². The van der Waals surface area contributed by atoms with Crippen LogP contribution >= 0.6 is 15.9 Å². The minimum atomic E-state index is -0.275. The van der Waals surface area contributed by atoms with Gasteiger partial charge in [-0.2, -0.15) is 10.1 Å². The molecule has 0 spiro atoms. The molecule has 0 aliphatic carbocycles. The lowest BCUT2D eigenvalue weighted by molar-refractivity contribution is -0.118. The van der Waals surface area contributed by atoms with E-state index in [1.165, 1.54) is 5.01 Å². The van der Waals surface area contributed by atoms with E-state index >= 15 is 0 Å². The molecule has 32 heavy (non-hydrogen) atoms. The highest BCUT2D eigenvalue weighted by atomic mass is 79.9. The summed E-state index contributed by atoms with van der Waals surface area (Å²) < 4.78 is 6.60. The third-order valence-corrected chi connectivity index (χ3v) is 5.24. The number of carbonyl (C=O) groups excluding carboxylic acids is 2. The second kappa shape index (κ2) is 9.62. The number of ether oxygens (including phenoxy) is 1. The minimum Gasteiger partial charge on any atom is -0.483 e. The van der Waals surface area contributed by atoms with Crippen molar-refractivity contribution in [2.24, 2.45) is 5.10 Å². The molecule has 2 amide bonds. The average Bonchev–Trinajstić information content (AvgIpc) is 3.08. The second-order valence-corrected chi connectivity index (χ2v) is 8.00. The Hall–Kier alpha value is -3.71. The van der Waals surface area contributed by atoms with Gasteiger partial charge in [-0.15, -0.1) is 0 Å². The van der Waals surface area contributed by atoms with E-state index in [0.29, 0.717) is 34.0 Å². The van der Waals surface area contributed by atoms with Gasteiger partial charge in [0.05, 0.1) is 17.0 Å². The fraction of sp³-hybridized carbons (Fsp3) is 0.0800. The fourth-order valence-corrected chi connectivity index (χ4v) is 3.59. The fourth-order valence-electron chi connectivity index (χ4n) is 3.21. The maximum Gasteiger partial charge on any atom is 0.280 e. The maximum atomic E-state index is 13.0. The molecule has 4 rings (SSSR count). The number of hydrogen-bond acceptors (Lipinski definition) is 4. The van der Waals surface area contributed by atoms with Crippen LogP contribution in [0.25, 0.3) is 6.08 Å². The van der Waals surface area contributed by atoms with E-state index in [1.54, 1.807) is 31.2 Å². The number of benzene rings is 3. The topological polar surface area (TPSA) is 71.0 Å². The highest BCUT2D eigenvalue weighted by molar-refractivity contribution is 9.10. The largest absolute Gasteiger partial charge is 0.483 e. The Morgan fingerprint density at radius 2 is 1.75 bits per heavy atom. The number of halogens is 1. The van der Waals surface area contributed by atoms with Crippen LogP contribution in [-0.4, -0.2) is 24.1 Å². The molecule has 0 aromatic heterocycles. The van der Waals surface area contributed by atoms with Gasteiger partial charge in [0.2, 0.25) is 0 Å². The van der Waals surface area contributed by atoms with Crippen LogP contribution < -0.4 is 15.1 Å². The molecule has 6 nitrogen and oxygen atoms in total. The number of hydrazone groups is 1. The first-order chi connectivity index (χ1) is 15.5. The monoisotopic (exact) mass is 489 g/mol. The summed E-state index contributed by atoms with van der Waals surface area (Å²) in [4.78, 5) is 25.3. The van der Waals surface area contributed by atoms with Gasteiger partial charge < -0.3 is 10.1 Å². The van der Waals surface area contributed by atoms with Crippen molar-refractivity contribution in [3.05, 3.63) is 94.5 Å². The van der Waals surface area contributed by atoms with Gasteiger partial charge >= 0.3 is 0 Å². The Morgan fingerprint density at radius 1 is 1.06 bits per heavy atom. The van der Waals surface area contributed by atoms with Gasteiger partial charge in [-0.05, 0) is 55.5 Å². The average molecular weight is 490 g/mol. The quantitative estimate of drug-likeness (QED) is 0.479. The Labute approximate surface area is 194 Å². The Kier molecular flexibility index (Phi) is 6.47. The Balaban J connectivity index is 1.53. The molecule has 0 saturated heterocycles. The number of nitrogens with zero attached hydrogens (tertiary/aromatic N) is 2. The minimum absolute atomic E-state index is 0.163. The predicted molar refractivity (Wildman–Crippen MR) is 130 cm³/mol. The summed E-state index contributed by atoms with van der Waals surface area (Å²) in [5.74, 6) is -0.00761. The van der Waals surface area contributed by atoms with E-state index in [1.807, 2.05) is 60.7 Å². The summed E-state index contributed by atoms with van der Waals surface area (Å²) in [7, 11) is 0. The van der Waals surface area contributed by atoms with E-state index in [0.717, 1.165) is 4.47 Å². The van der Waals surface area contributed by atoms with Crippen molar-refractivity contribution in [2.45, 2.75) is 6.92 Å². The molecule has 1 N–H and O–H groups in total. The zero-order chi connectivity index (χ0) is 22.5. The van der Waals surface area contributed by atoms with Crippen LogP contribution in [0.3, 0.4) is 0 Å². The van der Waals surface area contributed by atoms with Crippen LogP contribution in [0.2, 0.25) is 0 Å².